The molecule has 0 atom stereocenters. The Morgan fingerprint density at radius 1 is 1.04 bits per heavy atom. The largest absolute Gasteiger partial charge is 0.371 e. The maximum atomic E-state index is 11.4. The lowest BCUT2D eigenvalue weighted by Gasteiger charge is -2.33. The van der Waals surface area contributed by atoms with E-state index in [9.17, 15) is 4.79 Å². The maximum Gasteiger partial charge on any atom is 0.224 e. The number of anilines is 1. The van der Waals surface area contributed by atoms with Gasteiger partial charge in [0.25, 0.3) is 0 Å². The number of benzene rings is 2. The summed E-state index contributed by atoms with van der Waals surface area (Å²) in [6.45, 7) is 1.63. The van der Waals surface area contributed by atoms with Gasteiger partial charge in [0.15, 0.2) is 0 Å². The molecule has 5 heteroatoms. The van der Waals surface area contributed by atoms with E-state index in [1.54, 1.807) is 0 Å². The summed E-state index contributed by atoms with van der Waals surface area (Å²) in [4.78, 5) is 18.6. The smallest absolute Gasteiger partial charge is 0.224 e. The molecule has 0 bridgehead atoms. The van der Waals surface area contributed by atoms with Crippen LogP contribution in [-0.4, -0.2) is 23.3 Å². The Hall–Kier alpha value is -2.10. The molecule has 0 radical (unpaired) electrons. The summed E-state index contributed by atoms with van der Waals surface area (Å²) >= 11 is 11.7. The lowest BCUT2D eigenvalue weighted by molar-refractivity contribution is -0.115. The van der Waals surface area contributed by atoms with Crippen LogP contribution in [0.2, 0.25) is 5.02 Å². The van der Waals surface area contributed by atoms with E-state index in [0.717, 1.165) is 53.8 Å². The number of halogens is 2. The van der Waals surface area contributed by atoms with Crippen molar-refractivity contribution in [1.29, 1.82) is 0 Å². The Kier molecular flexibility index (Phi) is 4.84. The number of hydrogen-bond acceptors (Lipinski definition) is 3. The standard InChI is InChI=1S/C21H18Cl2N2O/c22-16-7-5-14(6-8-16)19-13-20(17-3-1-2-4-18(17)24-19)25-11-9-15(10-12-25)21(23)26/h1-8,13,15H,9-12H2. The highest BCUT2D eigenvalue weighted by Crippen LogP contribution is 2.34. The van der Waals surface area contributed by atoms with Gasteiger partial charge in [-0.1, -0.05) is 41.9 Å². The normalized spacial score (nSPS) is 15.4. The molecule has 1 aromatic heterocycles. The molecule has 4 rings (SSSR count). The highest BCUT2D eigenvalue weighted by molar-refractivity contribution is 6.64. The van der Waals surface area contributed by atoms with Crippen molar-refractivity contribution in [2.75, 3.05) is 18.0 Å². The van der Waals surface area contributed by atoms with Gasteiger partial charge in [-0.15, -0.1) is 0 Å². The maximum absolute atomic E-state index is 11.4. The van der Waals surface area contributed by atoms with Gasteiger partial charge in [0, 0.05) is 40.7 Å². The Bertz CT molecular complexity index is 948. The molecule has 3 nitrogen and oxygen atoms in total. The van der Waals surface area contributed by atoms with Crippen molar-refractivity contribution in [3.63, 3.8) is 0 Å². The molecule has 0 saturated carbocycles. The topological polar surface area (TPSA) is 33.2 Å². The fourth-order valence-electron chi connectivity index (χ4n) is 3.53. The molecule has 1 aliphatic rings. The Morgan fingerprint density at radius 3 is 2.42 bits per heavy atom. The summed E-state index contributed by atoms with van der Waals surface area (Å²) in [5.74, 6) is -0.0308. The number of nitrogens with zero attached hydrogens (tertiary/aromatic N) is 2. The quantitative estimate of drug-likeness (QED) is 0.556. The van der Waals surface area contributed by atoms with Crippen LogP contribution in [0.5, 0.6) is 0 Å². The number of carbonyl (C=O) groups excluding carboxylic acids is 1. The molecule has 1 aliphatic heterocycles. The van der Waals surface area contributed by atoms with E-state index in [0.29, 0.717) is 5.02 Å². The summed E-state index contributed by atoms with van der Waals surface area (Å²) in [6.07, 6.45) is 1.57. The van der Waals surface area contributed by atoms with Crippen LogP contribution in [0, 0.1) is 5.92 Å². The fourth-order valence-corrected chi connectivity index (χ4v) is 3.88. The number of carbonyl (C=O) groups is 1. The van der Waals surface area contributed by atoms with E-state index in [4.69, 9.17) is 28.2 Å². The highest BCUT2D eigenvalue weighted by Gasteiger charge is 2.25. The van der Waals surface area contributed by atoms with E-state index in [2.05, 4.69) is 17.0 Å². The van der Waals surface area contributed by atoms with Crippen molar-refractivity contribution in [2.24, 2.45) is 5.92 Å². The van der Waals surface area contributed by atoms with Gasteiger partial charge in [-0.3, -0.25) is 4.79 Å². The summed E-state index contributed by atoms with van der Waals surface area (Å²) in [5, 5.41) is 1.62. The third-order valence-electron chi connectivity index (χ3n) is 4.99. The number of aromatic nitrogens is 1. The minimum Gasteiger partial charge on any atom is -0.371 e. The van der Waals surface area contributed by atoms with Gasteiger partial charge in [-0.2, -0.15) is 0 Å². The first-order valence-electron chi connectivity index (χ1n) is 8.72. The average molecular weight is 385 g/mol. The number of para-hydroxylation sites is 1. The lowest BCUT2D eigenvalue weighted by Crippen LogP contribution is -2.35. The van der Waals surface area contributed by atoms with Crippen LogP contribution in [0.15, 0.2) is 54.6 Å². The molecule has 0 amide bonds. The van der Waals surface area contributed by atoms with Crippen LogP contribution < -0.4 is 4.90 Å². The van der Waals surface area contributed by atoms with E-state index in [1.165, 1.54) is 0 Å². The van der Waals surface area contributed by atoms with Crippen LogP contribution in [0.1, 0.15) is 12.8 Å². The molecule has 0 aliphatic carbocycles. The molecule has 0 spiro atoms. The summed E-state index contributed by atoms with van der Waals surface area (Å²) in [6, 6.07) is 18.0. The zero-order valence-electron chi connectivity index (χ0n) is 14.2. The van der Waals surface area contributed by atoms with Crippen molar-refractivity contribution >= 4 is 45.0 Å². The lowest BCUT2D eigenvalue weighted by atomic mass is 9.97. The van der Waals surface area contributed by atoms with Gasteiger partial charge in [0.05, 0.1) is 11.2 Å². The first kappa shape index (κ1) is 17.3. The van der Waals surface area contributed by atoms with E-state index in [-0.39, 0.29) is 11.2 Å². The van der Waals surface area contributed by atoms with Gasteiger partial charge in [0.1, 0.15) is 0 Å². The molecular weight excluding hydrogens is 367 g/mol. The molecular formula is C21H18Cl2N2O. The number of pyridine rings is 1. The Balaban J connectivity index is 1.76. The molecule has 2 heterocycles. The fraction of sp³-hybridized carbons (Fsp3) is 0.238. The predicted octanol–water partition coefficient (Wildman–Crippen LogP) is 5.54. The summed E-state index contributed by atoms with van der Waals surface area (Å²) in [5.41, 5.74) is 4.07. The Morgan fingerprint density at radius 2 is 1.73 bits per heavy atom. The minimum atomic E-state index is -0.217. The second kappa shape index (κ2) is 7.26. The van der Waals surface area contributed by atoms with Gasteiger partial charge < -0.3 is 4.90 Å². The molecule has 132 valence electrons. The van der Waals surface area contributed by atoms with Crippen molar-refractivity contribution < 1.29 is 4.79 Å². The first-order valence-corrected chi connectivity index (χ1v) is 9.47. The van der Waals surface area contributed by atoms with Crippen molar-refractivity contribution in [3.05, 3.63) is 59.6 Å². The highest BCUT2D eigenvalue weighted by atomic mass is 35.5. The van der Waals surface area contributed by atoms with Crippen LogP contribution in [0.25, 0.3) is 22.2 Å². The molecule has 3 aromatic rings. The van der Waals surface area contributed by atoms with Gasteiger partial charge in [-0.05, 0) is 48.7 Å². The average Bonchev–Trinajstić information content (AvgIpc) is 2.68. The SMILES string of the molecule is O=C(Cl)C1CCN(c2cc(-c3ccc(Cl)cc3)nc3ccccc23)CC1. The molecule has 1 saturated heterocycles. The first-order chi connectivity index (χ1) is 12.6. The number of hydrogen-bond donors (Lipinski definition) is 0. The van der Waals surface area contributed by atoms with Crippen LogP contribution in [0.3, 0.4) is 0 Å². The summed E-state index contributed by atoms with van der Waals surface area (Å²) < 4.78 is 0. The molecule has 0 unspecified atom stereocenters. The molecule has 26 heavy (non-hydrogen) atoms. The monoisotopic (exact) mass is 384 g/mol. The number of fused-ring (bicyclic) bond motifs is 1. The van der Waals surface area contributed by atoms with Crippen LogP contribution >= 0.6 is 23.2 Å². The number of piperidine rings is 1. The molecule has 1 fully saturated rings. The summed E-state index contributed by atoms with van der Waals surface area (Å²) in [7, 11) is 0. The van der Waals surface area contributed by atoms with Gasteiger partial charge in [-0.25, -0.2) is 4.98 Å². The predicted molar refractivity (Wildman–Crippen MR) is 108 cm³/mol. The third kappa shape index (κ3) is 3.42. The van der Waals surface area contributed by atoms with Crippen molar-refractivity contribution in [1.82, 2.24) is 4.98 Å². The Labute approximate surface area is 162 Å². The van der Waals surface area contributed by atoms with Gasteiger partial charge in [0.2, 0.25) is 5.24 Å². The van der Waals surface area contributed by atoms with Crippen LogP contribution in [0.4, 0.5) is 5.69 Å². The third-order valence-corrected chi connectivity index (χ3v) is 5.55. The minimum absolute atomic E-state index is 0.0308. The second-order valence-electron chi connectivity index (χ2n) is 6.62. The van der Waals surface area contributed by atoms with E-state index >= 15 is 0 Å². The second-order valence-corrected chi connectivity index (χ2v) is 7.43. The van der Waals surface area contributed by atoms with E-state index in [1.807, 2.05) is 42.5 Å². The zero-order valence-corrected chi connectivity index (χ0v) is 15.7. The van der Waals surface area contributed by atoms with Crippen LogP contribution in [-0.2, 0) is 4.79 Å². The van der Waals surface area contributed by atoms with Crippen molar-refractivity contribution in [3.8, 4) is 11.3 Å². The van der Waals surface area contributed by atoms with Crippen molar-refractivity contribution in [2.45, 2.75) is 12.8 Å². The van der Waals surface area contributed by atoms with E-state index < -0.39 is 0 Å². The molecule has 2 aromatic carbocycles. The zero-order chi connectivity index (χ0) is 18.1. The number of rotatable bonds is 3. The van der Waals surface area contributed by atoms with Gasteiger partial charge >= 0.3 is 0 Å². The molecule has 0 N–H and O–H groups in total.